The molecule has 0 fully saturated rings. The lowest BCUT2D eigenvalue weighted by Gasteiger charge is -2.13. The van der Waals surface area contributed by atoms with Crippen molar-refractivity contribution in [2.75, 3.05) is 26.4 Å². The molecule has 5 heterocycles. The van der Waals surface area contributed by atoms with Crippen LogP contribution in [0.2, 0.25) is 0 Å². The Kier molecular flexibility index (Phi) is 3.62. The van der Waals surface area contributed by atoms with Crippen LogP contribution < -0.4 is 18.9 Å². The minimum Gasteiger partial charge on any atom is -0.485 e. The van der Waals surface area contributed by atoms with Crippen molar-refractivity contribution in [1.82, 2.24) is 0 Å². The third-order valence-corrected chi connectivity index (χ3v) is 5.85. The average Bonchev–Trinajstić information content (AvgIpc) is 3.23. The van der Waals surface area contributed by atoms with E-state index in [1.54, 1.807) is 34.0 Å². The Labute approximate surface area is 133 Å². The first-order valence-corrected chi connectivity index (χ1v) is 9.08. The quantitative estimate of drug-likeness (QED) is 0.613. The lowest BCUT2D eigenvalue weighted by atomic mass is 10.5. The van der Waals surface area contributed by atoms with Crippen molar-refractivity contribution in [3.63, 3.8) is 0 Å². The monoisotopic (exact) mass is 340 g/mol. The molecule has 0 amide bonds. The Hall–Kier alpha value is -1.44. The fourth-order valence-corrected chi connectivity index (χ4v) is 4.89. The van der Waals surface area contributed by atoms with E-state index in [1.807, 2.05) is 11.4 Å². The van der Waals surface area contributed by atoms with Crippen molar-refractivity contribution in [1.29, 1.82) is 0 Å². The zero-order valence-electron chi connectivity index (χ0n) is 11.0. The summed E-state index contributed by atoms with van der Waals surface area (Å²) in [5.41, 5.74) is 0. The molecule has 0 atom stereocenters. The normalized spacial score (nSPS) is 15.4. The summed E-state index contributed by atoms with van der Waals surface area (Å²) < 4.78 is 24.0. The van der Waals surface area contributed by atoms with Gasteiger partial charge in [0, 0.05) is 0 Å². The molecule has 0 aromatic carbocycles. The lowest BCUT2D eigenvalue weighted by molar-refractivity contribution is 0.178. The highest BCUT2D eigenvalue weighted by Crippen LogP contribution is 2.47. The summed E-state index contributed by atoms with van der Waals surface area (Å²) in [6.45, 7) is 2.73. The molecule has 0 aliphatic carbocycles. The van der Waals surface area contributed by atoms with Crippen LogP contribution in [0.4, 0.5) is 0 Å². The highest BCUT2D eigenvalue weighted by molar-refractivity contribution is 7.28. The maximum Gasteiger partial charge on any atom is 0.219 e. The highest BCUT2D eigenvalue weighted by atomic mass is 32.1. The fraction of sp³-hybridized carbons (Fsp3) is 0.286. The molecule has 2 aliphatic heterocycles. The van der Waals surface area contributed by atoms with Gasteiger partial charge < -0.3 is 18.9 Å². The second-order valence-electron chi connectivity index (χ2n) is 4.30. The molecule has 5 rings (SSSR count). The number of thiophene rings is 3. The first-order valence-electron chi connectivity index (χ1n) is 6.50. The van der Waals surface area contributed by atoms with Gasteiger partial charge in [0.15, 0.2) is 11.5 Å². The second kappa shape index (κ2) is 5.75. The summed E-state index contributed by atoms with van der Waals surface area (Å²) in [5, 5.41) is 5.92. The maximum absolute atomic E-state index is 5.53. The van der Waals surface area contributed by atoms with Gasteiger partial charge in [0.25, 0.3) is 0 Å². The molecule has 3 aromatic heterocycles. The third-order valence-electron chi connectivity index (χ3n) is 2.96. The minimum absolute atomic E-state index is 0.677. The SMILES string of the molecule is c1cc2c(s1)OCCO2.c1cc2sc3c(c2s1)OCCO3. The van der Waals surface area contributed by atoms with Crippen molar-refractivity contribution >= 4 is 43.4 Å². The number of hydrogen-bond acceptors (Lipinski definition) is 7. The Morgan fingerprint density at radius 1 is 0.762 bits per heavy atom. The molecular formula is C14H12O4S3. The molecule has 7 heteroatoms. The molecule has 2 aliphatic rings. The molecule has 0 bridgehead atoms. The largest absolute Gasteiger partial charge is 0.485 e. The van der Waals surface area contributed by atoms with Crippen molar-refractivity contribution in [2.45, 2.75) is 0 Å². The summed E-state index contributed by atoms with van der Waals surface area (Å²) in [4.78, 5) is 0. The molecule has 4 nitrogen and oxygen atoms in total. The molecule has 0 N–H and O–H groups in total. The van der Waals surface area contributed by atoms with Gasteiger partial charge >= 0.3 is 0 Å². The van der Waals surface area contributed by atoms with Gasteiger partial charge in [-0.3, -0.25) is 0 Å². The minimum atomic E-state index is 0.677. The van der Waals surface area contributed by atoms with E-state index >= 15 is 0 Å². The van der Waals surface area contributed by atoms with E-state index in [4.69, 9.17) is 18.9 Å². The smallest absolute Gasteiger partial charge is 0.219 e. The van der Waals surface area contributed by atoms with E-state index in [9.17, 15) is 0 Å². The molecule has 0 saturated carbocycles. The standard InChI is InChI=1S/C8H6O2S2.C6H6O2S/c1-4-11-7-5(1)12-8-6(7)9-2-3-10-8;1-4-9-6-5(1)7-2-3-8-6/h1,4H,2-3H2;1,4H,2-3H2. The van der Waals surface area contributed by atoms with Gasteiger partial charge in [-0.2, -0.15) is 0 Å². The van der Waals surface area contributed by atoms with Gasteiger partial charge in [-0.25, -0.2) is 0 Å². The zero-order valence-corrected chi connectivity index (χ0v) is 13.4. The average molecular weight is 340 g/mol. The summed E-state index contributed by atoms with van der Waals surface area (Å²) in [6, 6.07) is 4.04. The summed E-state index contributed by atoms with van der Waals surface area (Å²) in [6.07, 6.45) is 0. The predicted octanol–water partition coefficient (Wildman–Crippen LogP) is 4.25. The van der Waals surface area contributed by atoms with Gasteiger partial charge in [-0.15, -0.1) is 22.7 Å². The molecule has 0 spiro atoms. The Bertz CT molecular complexity index is 722. The summed E-state index contributed by atoms with van der Waals surface area (Å²) in [5.74, 6) is 1.85. The number of ether oxygens (including phenoxy) is 4. The third kappa shape index (κ3) is 2.56. The highest BCUT2D eigenvalue weighted by Gasteiger charge is 2.19. The molecule has 0 unspecified atom stereocenters. The van der Waals surface area contributed by atoms with Crippen LogP contribution in [0.3, 0.4) is 0 Å². The summed E-state index contributed by atoms with van der Waals surface area (Å²) in [7, 11) is 0. The van der Waals surface area contributed by atoms with E-state index in [2.05, 4.69) is 11.4 Å². The Morgan fingerprint density at radius 2 is 1.52 bits per heavy atom. The van der Waals surface area contributed by atoms with E-state index in [-0.39, 0.29) is 0 Å². The van der Waals surface area contributed by atoms with Gasteiger partial charge in [-0.1, -0.05) is 11.3 Å². The van der Waals surface area contributed by atoms with Crippen LogP contribution in [-0.2, 0) is 0 Å². The number of fused-ring (bicyclic) bond motifs is 4. The van der Waals surface area contributed by atoms with E-state index in [0.717, 1.165) is 21.6 Å². The Morgan fingerprint density at radius 3 is 2.43 bits per heavy atom. The number of rotatable bonds is 0. The molecule has 0 radical (unpaired) electrons. The fourth-order valence-electron chi connectivity index (χ4n) is 2.06. The van der Waals surface area contributed by atoms with Crippen LogP contribution in [0.5, 0.6) is 21.6 Å². The molecular weight excluding hydrogens is 328 g/mol. The molecule has 110 valence electrons. The van der Waals surface area contributed by atoms with E-state index < -0.39 is 0 Å². The van der Waals surface area contributed by atoms with Gasteiger partial charge in [-0.05, 0) is 22.9 Å². The van der Waals surface area contributed by atoms with Crippen molar-refractivity contribution in [3.8, 4) is 21.6 Å². The molecule has 3 aromatic rings. The van der Waals surface area contributed by atoms with Crippen LogP contribution in [0.15, 0.2) is 22.9 Å². The van der Waals surface area contributed by atoms with Crippen LogP contribution in [-0.4, -0.2) is 26.4 Å². The van der Waals surface area contributed by atoms with Gasteiger partial charge in [0.1, 0.15) is 26.4 Å². The van der Waals surface area contributed by atoms with Gasteiger partial charge in [0.05, 0.1) is 9.40 Å². The van der Waals surface area contributed by atoms with Crippen LogP contribution in [0.1, 0.15) is 0 Å². The maximum atomic E-state index is 5.53. The first kappa shape index (κ1) is 13.2. The molecule has 0 saturated heterocycles. The Balaban J connectivity index is 0.000000115. The van der Waals surface area contributed by atoms with Crippen LogP contribution in [0, 0.1) is 0 Å². The lowest BCUT2D eigenvalue weighted by Crippen LogP contribution is -2.13. The zero-order chi connectivity index (χ0) is 14.1. The first-order chi connectivity index (χ1) is 10.4. The van der Waals surface area contributed by atoms with Crippen molar-refractivity contribution in [3.05, 3.63) is 22.9 Å². The molecule has 21 heavy (non-hydrogen) atoms. The topological polar surface area (TPSA) is 36.9 Å². The second-order valence-corrected chi connectivity index (χ2v) is 7.11. The van der Waals surface area contributed by atoms with Crippen LogP contribution >= 0.6 is 34.0 Å². The van der Waals surface area contributed by atoms with Gasteiger partial charge in [0.2, 0.25) is 10.1 Å². The summed E-state index contributed by atoms with van der Waals surface area (Å²) >= 11 is 4.96. The van der Waals surface area contributed by atoms with E-state index in [0.29, 0.717) is 26.4 Å². The van der Waals surface area contributed by atoms with Crippen molar-refractivity contribution in [2.24, 2.45) is 0 Å². The van der Waals surface area contributed by atoms with E-state index in [1.165, 1.54) is 9.40 Å². The number of hydrogen-bond donors (Lipinski definition) is 0. The van der Waals surface area contributed by atoms with Crippen LogP contribution in [0.25, 0.3) is 9.40 Å². The predicted molar refractivity (Wildman–Crippen MR) is 86.0 cm³/mol. The van der Waals surface area contributed by atoms with Crippen molar-refractivity contribution < 1.29 is 18.9 Å².